The van der Waals surface area contributed by atoms with E-state index >= 15 is 0 Å². The molecule has 0 aromatic carbocycles. The fraction of sp³-hybridized carbons (Fsp3) is 0.857. The molecule has 132 valence electrons. The summed E-state index contributed by atoms with van der Waals surface area (Å²) in [6.07, 6.45) is 0.613. The van der Waals surface area contributed by atoms with Gasteiger partial charge in [-0.15, -0.1) is 0 Å². The SMILES string of the molecule is CC(C)[C@@H](C(=O)O)N(C)C(=O)C1CN(S(=O)(=O)[C@H]2CCN2C)C1. The number of likely N-dealkylation sites (tertiary alicyclic amines) is 1. The number of carbonyl (C=O) groups excluding carboxylic acids is 1. The first-order chi connectivity index (χ1) is 10.6. The summed E-state index contributed by atoms with van der Waals surface area (Å²) < 4.78 is 26.0. The standard InChI is InChI=1S/C14H25N3O5S/c1-9(2)12(14(19)20)16(4)13(18)10-7-17(8-10)23(21,22)11-5-6-15(11)3/h9-12H,5-8H2,1-4H3,(H,19,20)/t11-,12-/m0/s1. The second-order valence-corrected chi connectivity index (χ2v) is 8.85. The summed E-state index contributed by atoms with van der Waals surface area (Å²) in [5.74, 6) is -2.03. The first-order valence-corrected chi connectivity index (χ1v) is 9.26. The molecule has 2 heterocycles. The monoisotopic (exact) mass is 347 g/mol. The van der Waals surface area contributed by atoms with E-state index in [1.807, 2.05) is 0 Å². The van der Waals surface area contributed by atoms with E-state index in [0.29, 0.717) is 6.42 Å². The van der Waals surface area contributed by atoms with Crippen LogP contribution in [0.1, 0.15) is 20.3 Å². The van der Waals surface area contributed by atoms with Crippen LogP contribution >= 0.6 is 0 Å². The average molecular weight is 347 g/mol. The minimum Gasteiger partial charge on any atom is -0.480 e. The molecule has 2 atom stereocenters. The van der Waals surface area contributed by atoms with Crippen LogP contribution in [-0.4, -0.2) is 84.7 Å². The van der Waals surface area contributed by atoms with Crippen molar-refractivity contribution < 1.29 is 23.1 Å². The zero-order valence-corrected chi connectivity index (χ0v) is 14.8. The smallest absolute Gasteiger partial charge is 0.326 e. The number of carboxylic acids is 1. The minimum atomic E-state index is -3.39. The van der Waals surface area contributed by atoms with E-state index < -0.39 is 33.3 Å². The summed E-state index contributed by atoms with van der Waals surface area (Å²) in [6.45, 7) is 4.52. The fourth-order valence-electron chi connectivity index (χ4n) is 3.17. The molecule has 23 heavy (non-hydrogen) atoms. The van der Waals surface area contributed by atoms with Crippen LogP contribution in [0.5, 0.6) is 0 Å². The van der Waals surface area contributed by atoms with Gasteiger partial charge in [-0.05, 0) is 19.4 Å². The van der Waals surface area contributed by atoms with Crippen molar-refractivity contribution in [3.8, 4) is 0 Å². The van der Waals surface area contributed by atoms with Crippen LogP contribution in [-0.2, 0) is 19.6 Å². The molecular formula is C14H25N3O5S. The maximum Gasteiger partial charge on any atom is 0.326 e. The number of carboxylic acid groups (broad SMARTS) is 1. The molecular weight excluding hydrogens is 322 g/mol. The fourth-order valence-corrected chi connectivity index (χ4v) is 5.25. The number of rotatable bonds is 6. The quantitative estimate of drug-likeness (QED) is 0.694. The summed E-state index contributed by atoms with van der Waals surface area (Å²) in [5.41, 5.74) is 0. The molecule has 8 nitrogen and oxygen atoms in total. The average Bonchev–Trinajstić information content (AvgIpc) is 2.32. The Morgan fingerprint density at radius 1 is 1.26 bits per heavy atom. The lowest BCUT2D eigenvalue weighted by molar-refractivity contribution is -0.154. The van der Waals surface area contributed by atoms with Gasteiger partial charge in [-0.2, -0.15) is 4.31 Å². The van der Waals surface area contributed by atoms with Gasteiger partial charge in [-0.25, -0.2) is 13.2 Å². The van der Waals surface area contributed by atoms with Crippen molar-refractivity contribution in [3.63, 3.8) is 0 Å². The third kappa shape index (κ3) is 3.22. The zero-order valence-electron chi connectivity index (χ0n) is 14.0. The Kier molecular flexibility index (Phi) is 5.03. The van der Waals surface area contributed by atoms with E-state index in [4.69, 9.17) is 0 Å². The molecule has 0 aromatic rings. The largest absolute Gasteiger partial charge is 0.480 e. The first kappa shape index (κ1) is 18.2. The molecule has 2 rings (SSSR count). The zero-order chi connectivity index (χ0) is 17.5. The van der Waals surface area contributed by atoms with Crippen molar-refractivity contribution in [2.24, 2.45) is 11.8 Å². The number of aliphatic carboxylic acids is 1. The predicted molar refractivity (Wildman–Crippen MR) is 84.0 cm³/mol. The van der Waals surface area contributed by atoms with Crippen LogP contribution < -0.4 is 0 Å². The molecule has 0 aromatic heterocycles. The summed E-state index contributed by atoms with van der Waals surface area (Å²) >= 11 is 0. The third-order valence-electron chi connectivity index (χ3n) is 4.77. The van der Waals surface area contributed by atoms with E-state index in [9.17, 15) is 23.1 Å². The molecule has 9 heteroatoms. The van der Waals surface area contributed by atoms with Gasteiger partial charge in [-0.1, -0.05) is 13.8 Å². The Morgan fingerprint density at radius 2 is 1.83 bits per heavy atom. The highest BCUT2D eigenvalue weighted by Gasteiger charge is 2.48. The Morgan fingerprint density at radius 3 is 2.17 bits per heavy atom. The van der Waals surface area contributed by atoms with E-state index in [0.717, 1.165) is 6.54 Å². The first-order valence-electron chi connectivity index (χ1n) is 7.76. The highest BCUT2D eigenvalue weighted by molar-refractivity contribution is 7.89. The maximum absolute atomic E-state index is 12.4. The Labute approximate surface area is 137 Å². The highest BCUT2D eigenvalue weighted by atomic mass is 32.2. The van der Waals surface area contributed by atoms with Crippen LogP contribution in [0.4, 0.5) is 0 Å². The molecule has 0 spiro atoms. The van der Waals surface area contributed by atoms with Crippen molar-refractivity contribution in [2.75, 3.05) is 33.7 Å². The van der Waals surface area contributed by atoms with E-state index in [2.05, 4.69) is 0 Å². The van der Waals surface area contributed by atoms with Gasteiger partial charge in [0.1, 0.15) is 11.4 Å². The molecule has 1 amide bonds. The number of hydrogen-bond acceptors (Lipinski definition) is 5. The van der Waals surface area contributed by atoms with Crippen LogP contribution in [0, 0.1) is 11.8 Å². The number of carbonyl (C=O) groups is 2. The van der Waals surface area contributed by atoms with Crippen molar-refractivity contribution >= 4 is 21.9 Å². The summed E-state index contributed by atoms with van der Waals surface area (Å²) in [4.78, 5) is 26.7. The van der Waals surface area contributed by atoms with Gasteiger partial charge in [0.15, 0.2) is 0 Å². The number of sulfonamides is 1. The molecule has 0 radical (unpaired) electrons. The third-order valence-corrected chi connectivity index (χ3v) is 7.07. The summed E-state index contributed by atoms with van der Waals surface area (Å²) in [6, 6.07) is -0.897. The molecule has 0 unspecified atom stereocenters. The Balaban J connectivity index is 1.96. The van der Waals surface area contributed by atoms with Crippen molar-refractivity contribution in [1.82, 2.24) is 14.1 Å². The van der Waals surface area contributed by atoms with Crippen molar-refractivity contribution in [1.29, 1.82) is 0 Å². The molecule has 0 bridgehead atoms. The lowest BCUT2D eigenvalue weighted by atomic mass is 9.97. The summed E-state index contributed by atoms with van der Waals surface area (Å²) in [5, 5.41) is 8.77. The van der Waals surface area contributed by atoms with Crippen LogP contribution in [0.2, 0.25) is 0 Å². The van der Waals surface area contributed by atoms with Crippen LogP contribution in [0.15, 0.2) is 0 Å². The summed E-state index contributed by atoms with van der Waals surface area (Å²) in [7, 11) is -0.151. The van der Waals surface area contributed by atoms with E-state index in [1.54, 1.807) is 25.8 Å². The van der Waals surface area contributed by atoms with Gasteiger partial charge in [0.05, 0.1) is 5.92 Å². The van der Waals surface area contributed by atoms with Crippen molar-refractivity contribution in [2.45, 2.75) is 31.7 Å². The van der Waals surface area contributed by atoms with Crippen LogP contribution in [0.3, 0.4) is 0 Å². The molecule has 0 aliphatic carbocycles. The predicted octanol–water partition coefficient (Wildman–Crippen LogP) is -0.523. The molecule has 2 saturated heterocycles. The molecule has 2 fully saturated rings. The normalized spacial score (nSPS) is 24.8. The minimum absolute atomic E-state index is 0.139. The van der Waals surface area contributed by atoms with Gasteiger partial charge in [0.25, 0.3) is 0 Å². The number of amides is 1. The topological polar surface area (TPSA) is 98.2 Å². The van der Waals surface area contributed by atoms with Crippen molar-refractivity contribution in [3.05, 3.63) is 0 Å². The lowest BCUT2D eigenvalue weighted by Crippen LogP contribution is -2.63. The van der Waals surface area contributed by atoms with Gasteiger partial charge in [-0.3, -0.25) is 9.69 Å². The second kappa shape index (κ2) is 6.37. The van der Waals surface area contributed by atoms with Gasteiger partial charge >= 0.3 is 5.97 Å². The number of hydrogen-bond donors (Lipinski definition) is 1. The van der Waals surface area contributed by atoms with Gasteiger partial charge < -0.3 is 10.0 Å². The molecule has 2 aliphatic rings. The number of nitrogens with zero attached hydrogens (tertiary/aromatic N) is 3. The Bertz CT molecular complexity index is 585. The van der Waals surface area contributed by atoms with Gasteiger partial charge in [0.2, 0.25) is 15.9 Å². The molecule has 1 N–H and O–H groups in total. The van der Waals surface area contributed by atoms with Crippen LogP contribution in [0.25, 0.3) is 0 Å². The van der Waals surface area contributed by atoms with Gasteiger partial charge in [0, 0.05) is 26.7 Å². The Hall–Kier alpha value is -1.19. The molecule has 2 aliphatic heterocycles. The maximum atomic E-state index is 12.4. The second-order valence-electron chi connectivity index (χ2n) is 6.76. The lowest BCUT2D eigenvalue weighted by Gasteiger charge is -2.45. The highest BCUT2D eigenvalue weighted by Crippen LogP contribution is 2.30. The van der Waals surface area contributed by atoms with E-state index in [1.165, 1.54) is 16.3 Å². The number of likely N-dealkylation sites (N-methyl/N-ethyl adjacent to an activating group) is 1. The molecule has 0 saturated carbocycles. The van der Waals surface area contributed by atoms with E-state index in [-0.39, 0.29) is 24.9 Å².